The van der Waals surface area contributed by atoms with Gasteiger partial charge in [0.1, 0.15) is 5.69 Å². The number of aromatic carboxylic acids is 1. The van der Waals surface area contributed by atoms with Crippen LogP contribution in [0.2, 0.25) is 0 Å². The third-order valence-corrected chi connectivity index (χ3v) is 5.00. The highest BCUT2D eigenvalue weighted by molar-refractivity contribution is 5.92. The van der Waals surface area contributed by atoms with E-state index in [4.69, 9.17) is 9.84 Å². The van der Waals surface area contributed by atoms with Gasteiger partial charge >= 0.3 is 5.97 Å². The monoisotopic (exact) mass is 455 g/mol. The molecule has 0 radical (unpaired) electrons. The number of pyridine rings is 2. The van der Waals surface area contributed by atoms with Gasteiger partial charge in [0.2, 0.25) is 5.88 Å². The minimum atomic E-state index is -3.20. The molecule has 7 nitrogen and oxygen atoms in total. The van der Waals surface area contributed by atoms with Crippen molar-refractivity contribution in [3.8, 4) is 5.88 Å². The Hall–Kier alpha value is -3.88. The Bertz CT molecular complexity index is 1150. The summed E-state index contributed by atoms with van der Waals surface area (Å²) in [7, 11) is 1.48. The van der Waals surface area contributed by atoms with E-state index in [9.17, 15) is 18.4 Å². The van der Waals surface area contributed by atoms with Gasteiger partial charge in [-0.15, -0.1) is 0 Å². The Morgan fingerprint density at radius 3 is 2.48 bits per heavy atom. The first kappa shape index (κ1) is 23.8. The first-order valence-electron chi connectivity index (χ1n) is 10.1. The lowest BCUT2D eigenvalue weighted by molar-refractivity contribution is -0.0132. The summed E-state index contributed by atoms with van der Waals surface area (Å²) in [6, 6.07) is 11.5. The van der Waals surface area contributed by atoms with Crippen molar-refractivity contribution in [1.82, 2.24) is 15.3 Å². The highest BCUT2D eigenvalue weighted by Gasteiger charge is 2.32. The summed E-state index contributed by atoms with van der Waals surface area (Å²) >= 11 is 0. The number of halogens is 2. The van der Waals surface area contributed by atoms with Crippen LogP contribution in [0.4, 0.5) is 8.78 Å². The topological polar surface area (TPSA) is 101 Å². The van der Waals surface area contributed by atoms with Gasteiger partial charge in [0.25, 0.3) is 11.8 Å². The molecule has 1 aromatic carbocycles. The summed E-state index contributed by atoms with van der Waals surface area (Å²) in [5.74, 6) is -4.45. The van der Waals surface area contributed by atoms with Crippen LogP contribution in [0.15, 0.2) is 54.7 Å². The number of nitrogens with one attached hydrogen (secondary N) is 1. The molecule has 0 unspecified atom stereocenters. The number of amides is 1. The van der Waals surface area contributed by atoms with Gasteiger partial charge in [0.15, 0.2) is 0 Å². The van der Waals surface area contributed by atoms with Crippen molar-refractivity contribution < 1.29 is 28.2 Å². The Morgan fingerprint density at radius 2 is 1.82 bits per heavy atom. The number of carbonyl (C=O) groups excluding carboxylic acids is 1. The minimum Gasteiger partial charge on any atom is -0.481 e. The van der Waals surface area contributed by atoms with Crippen LogP contribution in [0.5, 0.6) is 5.88 Å². The number of alkyl halides is 2. The van der Waals surface area contributed by atoms with Gasteiger partial charge in [-0.3, -0.25) is 4.79 Å². The van der Waals surface area contributed by atoms with E-state index in [0.29, 0.717) is 17.1 Å². The lowest BCUT2D eigenvalue weighted by Crippen LogP contribution is -2.25. The predicted octanol–water partition coefficient (Wildman–Crippen LogP) is 4.15. The van der Waals surface area contributed by atoms with Crippen molar-refractivity contribution in [2.75, 3.05) is 7.11 Å². The first-order valence-corrected chi connectivity index (χ1v) is 10.1. The van der Waals surface area contributed by atoms with Crippen molar-refractivity contribution in [3.63, 3.8) is 0 Å². The zero-order valence-electron chi connectivity index (χ0n) is 18.1. The molecule has 3 rings (SSSR count). The lowest BCUT2D eigenvalue weighted by Gasteiger charge is -2.18. The second-order valence-electron chi connectivity index (χ2n) is 7.48. The number of ether oxygens (including phenoxy) is 1. The quantitative estimate of drug-likeness (QED) is 0.503. The summed E-state index contributed by atoms with van der Waals surface area (Å²) in [6.07, 6.45) is 1.08. The number of nitrogens with zero attached hydrogens (tertiary/aromatic N) is 2. The third kappa shape index (κ3) is 6.31. The number of carboxylic acids is 1. The van der Waals surface area contributed by atoms with Crippen molar-refractivity contribution in [2.45, 2.75) is 32.2 Å². The summed E-state index contributed by atoms with van der Waals surface area (Å²) in [4.78, 5) is 31.6. The number of methoxy groups -OCH3 is 1. The Balaban J connectivity index is 1.69. The van der Waals surface area contributed by atoms with Gasteiger partial charge in [-0.05, 0) is 54.8 Å². The van der Waals surface area contributed by atoms with Gasteiger partial charge in [-0.2, -0.15) is 0 Å². The molecular formula is C24H23F2N3O4. The van der Waals surface area contributed by atoms with Gasteiger partial charge in [0.05, 0.1) is 12.7 Å². The van der Waals surface area contributed by atoms with Crippen molar-refractivity contribution in [3.05, 3.63) is 88.4 Å². The molecule has 172 valence electrons. The molecular weight excluding hydrogens is 432 g/mol. The zero-order valence-corrected chi connectivity index (χ0v) is 18.1. The van der Waals surface area contributed by atoms with Gasteiger partial charge < -0.3 is 15.2 Å². The number of carboxylic acid groups (broad SMARTS) is 1. The van der Waals surface area contributed by atoms with Crippen molar-refractivity contribution >= 4 is 11.9 Å². The fraction of sp³-hybridized carbons (Fsp3) is 0.250. The summed E-state index contributed by atoms with van der Waals surface area (Å²) < 4.78 is 34.9. The van der Waals surface area contributed by atoms with E-state index in [0.717, 1.165) is 11.6 Å². The Labute approximate surface area is 189 Å². The standard InChI is InChI=1S/C24H23F2N3O4/c1-15-11-19(24(25,26)9-7-16-3-5-18(6-4-16)23(31)32)13-20(29-15)22(30)28-14-17-8-10-27-21(12-17)33-2/h3-6,8,10-13H,7,9,14H2,1-2H3,(H,28,30)(H,31,32). The number of benzene rings is 1. The van der Waals surface area contributed by atoms with Crippen LogP contribution in [0.25, 0.3) is 0 Å². The normalized spacial score (nSPS) is 11.2. The predicted molar refractivity (Wildman–Crippen MR) is 117 cm³/mol. The van der Waals surface area contributed by atoms with Crippen LogP contribution in [0.3, 0.4) is 0 Å². The second-order valence-corrected chi connectivity index (χ2v) is 7.48. The average molecular weight is 455 g/mol. The summed E-state index contributed by atoms with van der Waals surface area (Å²) in [5, 5.41) is 11.6. The molecule has 0 aliphatic heterocycles. The van der Waals surface area contributed by atoms with Gasteiger partial charge in [0, 0.05) is 36.5 Å². The zero-order chi connectivity index (χ0) is 24.0. The maximum Gasteiger partial charge on any atom is 0.335 e. The lowest BCUT2D eigenvalue weighted by atomic mass is 9.99. The van der Waals surface area contributed by atoms with Crippen LogP contribution in [0, 0.1) is 6.92 Å². The van der Waals surface area contributed by atoms with Gasteiger partial charge in [-0.25, -0.2) is 23.5 Å². The average Bonchev–Trinajstić information content (AvgIpc) is 2.81. The molecule has 9 heteroatoms. The highest BCUT2D eigenvalue weighted by Crippen LogP contribution is 2.33. The van der Waals surface area contributed by atoms with Crippen LogP contribution in [-0.4, -0.2) is 34.1 Å². The van der Waals surface area contributed by atoms with Crippen LogP contribution in [-0.2, 0) is 18.9 Å². The fourth-order valence-corrected chi connectivity index (χ4v) is 3.20. The van der Waals surface area contributed by atoms with E-state index >= 15 is 0 Å². The summed E-state index contributed by atoms with van der Waals surface area (Å²) in [6.45, 7) is 1.71. The number of aryl methyl sites for hydroxylation is 2. The number of aromatic nitrogens is 2. The molecule has 0 atom stereocenters. The molecule has 1 amide bonds. The molecule has 2 aromatic heterocycles. The molecule has 0 spiro atoms. The molecule has 2 N–H and O–H groups in total. The van der Waals surface area contributed by atoms with Gasteiger partial charge in [-0.1, -0.05) is 12.1 Å². The summed E-state index contributed by atoms with van der Waals surface area (Å²) in [5.41, 5.74) is 1.33. The van der Waals surface area contributed by atoms with E-state index < -0.39 is 24.2 Å². The van der Waals surface area contributed by atoms with E-state index in [1.165, 1.54) is 37.4 Å². The molecule has 33 heavy (non-hydrogen) atoms. The Morgan fingerprint density at radius 1 is 1.09 bits per heavy atom. The van der Waals surface area contributed by atoms with E-state index in [-0.39, 0.29) is 29.8 Å². The number of carbonyl (C=O) groups is 2. The maximum atomic E-state index is 14.9. The van der Waals surface area contributed by atoms with Crippen molar-refractivity contribution in [1.29, 1.82) is 0 Å². The molecule has 0 aliphatic rings. The molecule has 0 bridgehead atoms. The van der Waals surface area contributed by atoms with Crippen LogP contribution in [0.1, 0.15) is 49.7 Å². The number of hydrogen-bond donors (Lipinski definition) is 2. The molecule has 0 aliphatic carbocycles. The molecule has 0 saturated carbocycles. The van der Waals surface area contributed by atoms with E-state index in [1.54, 1.807) is 25.3 Å². The highest BCUT2D eigenvalue weighted by atomic mass is 19.3. The SMILES string of the molecule is COc1cc(CNC(=O)c2cc(C(F)(F)CCc3ccc(C(=O)O)cc3)cc(C)n2)ccn1. The first-order chi connectivity index (χ1) is 15.7. The smallest absolute Gasteiger partial charge is 0.335 e. The largest absolute Gasteiger partial charge is 0.481 e. The van der Waals surface area contributed by atoms with E-state index in [2.05, 4.69) is 15.3 Å². The molecule has 2 heterocycles. The molecule has 0 saturated heterocycles. The second kappa shape index (κ2) is 10.2. The van der Waals surface area contributed by atoms with E-state index in [1.807, 2.05) is 0 Å². The molecule has 0 fully saturated rings. The minimum absolute atomic E-state index is 0.0413. The number of rotatable bonds is 9. The maximum absolute atomic E-state index is 14.9. The molecule has 3 aromatic rings. The van der Waals surface area contributed by atoms with Crippen LogP contribution >= 0.6 is 0 Å². The number of hydrogen-bond acceptors (Lipinski definition) is 5. The third-order valence-electron chi connectivity index (χ3n) is 5.00. The fourth-order valence-electron chi connectivity index (χ4n) is 3.20. The Kier molecular flexibility index (Phi) is 7.32. The van der Waals surface area contributed by atoms with Crippen molar-refractivity contribution in [2.24, 2.45) is 0 Å². The van der Waals surface area contributed by atoms with Crippen LogP contribution < -0.4 is 10.1 Å².